The Morgan fingerprint density at radius 1 is 1.33 bits per heavy atom. The molecule has 6 heteroatoms. The second-order valence-electron chi connectivity index (χ2n) is 6.44. The van der Waals surface area contributed by atoms with E-state index in [0.717, 1.165) is 16.5 Å². The maximum absolute atomic E-state index is 12.7. The second-order valence-corrected chi connectivity index (χ2v) is 9.09. The Hall–Kier alpha value is -1.56. The Balaban J connectivity index is 1.75. The molecule has 0 saturated carbocycles. The number of hydrogen-bond acceptors (Lipinski definition) is 2. The third-order valence-corrected chi connectivity index (χ3v) is 6.81. The smallest absolute Gasteiger partial charge is 0.220 e. The Morgan fingerprint density at radius 3 is 2.83 bits per heavy atom. The lowest BCUT2D eigenvalue weighted by Crippen LogP contribution is -2.47. The van der Waals surface area contributed by atoms with E-state index >= 15 is 0 Å². The molecule has 128 valence electrons. The lowest BCUT2D eigenvalue weighted by atomic mass is 10.0. The van der Waals surface area contributed by atoms with Gasteiger partial charge in [0.25, 0.3) is 0 Å². The van der Waals surface area contributed by atoms with Crippen molar-refractivity contribution < 1.29 is 8.42 Å². The molecule has 2 aromatic rings. The lowest BCUT2D eigenvalue weighted by molar-refractivity contribution is 0.544. The van der Waals surface area contributed by atoms with Gasteiger partial charge < -0.3 is 4.98 Å². The van der Waals surface area contributed by atoms with E-state index in [-0.39, 0.29) is 6.04 Å². The van der Waals surface area contributed by atoms with E-state index in [2.05, 4.69) is 9.71 Å². The highest BCUT2D eigenvalue weighted by Crippen LogP contribution is 2.30. The van der Waals surface area contributed by atoms with Crippen LogP contribution in [0.15, 0.2) is 54.8 Å². The fraction of sp³-hybridized carbons (Fsp3) is 0.333. The van der Waals surface area contributed by atoms with Gasteiger partial charge in [0.05, 0.1) is 4.87 Å². The summed E-state index contributed by atoms with van der Waals surface area (Å²) >= 11 is 6.36. The number of rotatable bonds is 5. The summed E-state index contributed by atoms with van der Waals surface area (Å²) in [5.74, 6) is 0. The highest BCUT2D eigenvalue weighted by molar-refractivity contribution is 7.90. The molecule has 0 bridgehead atoms. The predicted molar refractivity (Wildman–Crippen MR) is 99.8 cm³/mol. The number of halogens is 1. The number of alkyl halides is 1. The summed E-state index contributed by atoms with van der Waals surface area (Å²) < 4.78 is 28.2. The molecule has 3 unspecified atom stereocenters. The third-order valence-electron chi connectivity index (χ3n) is 4.28. The van der Waals surface area contributed by atoms with E-state index in [4.69, 9.17) is 11.6 Å². The second kappa shape index (κ2) is 6.39. The highest BCUT2D eigenvalue weighted by atomic mass is 35.5. The minimum absolute atomic E-state index is 0.235. The Morgan fingerprint density at radius 2 is 2.08 bits per heavy atom. The van der Waals surface area contributed by atoms with Crippen LogP contribution < -0.4 is 4.72 Å². The molecule has 1 heterocycles. The van der Waals surface area contributed by atoms with Gasteiger partial charge in [0.1, 0.15) is 5.25 Å². The molecule has 0 spiro atoms. The molecule has 24 heavy (non-hydrogen) atoms. The van der Waals surface area contributed by atoms with Crippen LogP contribution in [0, 0.1) is 0 Å². The van der Waals surface area contributed by atoms with Crippen LogP contribution in [0.4, 0.5) is 0 Å². The number of benzene rings is 1. The van der Waals surface area contributed by atoms with Crippen molar-refractivity contribution in [2.24, 2.45) is 0 Å². The molecule has 1 aromatic carbocycles. The molecule has 0 saturated heterocycles. The molecule has 1 aliphatic carbocycles. The van der Waals surface area contributed by atoms with Gasteiger partial charge in [-0.25, -0.2) is 13.1 Å². The van der Waals surface area contributed by atoms with Gasteiger partial charge in [-0.05, 0) is 31.9 Å². The van der Waals surface area contributed by atoms with Gasteiger partial charge in [-0.3, -0.25) is 0 Å². The molecule has 4 nitrogen and oxygen atoms in total. The van der Waals surface area contributed by atoms with Crippen molar-refractivity contribution in [1.82, 2.24) is 9.71 Å². The molecule has 0 aliphatic heterocycles. The summed E-state index contributed by atoms with van der Waals surface area (Å²) in [5.41, 5.74) is 2.14. The van der Waals surface area contributed by atoms with Gasteiger partial charge in [0.2, 0.25) is 10.0 Å². The fourth-order valence-corrected chi connectivity index (χ4v) is 5.40. The number of aromatic amines is 1. The van der Waals surface area contributed by atoms with E-state index in [9.17, 15) is 8.42 Å². The SMILES string of the molecule is CC(Cc1c[nH]c2ccccc12)NS(=O)(=O)C1C=CC=CC1(C)Cl. The summed E-state index contributed by atoms with van der Waals surface area (Å²) in [7, 11) is -3.58. The zero-order chi connectivity index (χ0) is 17.4. The predicted octanol–water partition coefficient (Wildman–Crippen LogP) is 3.51. The Bertz CT molecular complexity index is 897. The largest absolute Gasteiger partial charge is 0.361 e. The summed E-state index contributed by atoms with van der Waals surface area (Å²) in [6.45, 7) is 3.58. The number of para-hydroxylation sites is 1. The molecule has 3 atom stereocenters. The van der Waals surface area contributed by atoms with Crippen LogP contribution in [0.25, 0.3) is 10.9 Å². The molecule has 0 amide bonds. The molecular weight excluding hydrogens is 344 g/mol. The highest BCUT2D eigenvalue weighted by Gasteiger charge is 2.39. The number of H-pyrrole nitrogens is 1. The van der Waals surface area contributed by atoms with Crippen molar-refractivity contribution >= 4 is 32.5 Å². The summed E-state index contributed by atoms with van der Waals surface area (Å²) in [6.07, 6.45) is 9.38. The number of hydrogen-bond donors (Lipinski definition) is 2. The van der Waals surface area contributed by atoms with Gasteiger partial charge in [0, 0.05) is 23.1 Å². The number of nitrogens with one attached hydrogen (secondary N) is 2. The maximum atomic E-state index is 12.7. The van der Waals surface area contributed by atoms with E-state index in [1.165, 1.54) is 0 Å². The lowest BCUT2D eigenvalue weighted by Gasteiger charge is -2.29. The zero-order valence-electron chi connectivity index (χ0n) is 13.7. The van der Waals surface area contributed by atoms with E-state index < -0.39 is 20.1 Å². The number of allylic oxidation sites excluding steroid dienone is 3. The topological polar surface area (TPSA) is 62.0 Å². The average molecular weight is 365 g/mol. The monoisotopic (exact) mass is 364 g/mol. The minimum Gasteiger partial charge on any atom is -0.361 e. The van der Waals surface area contributed by atoms with Crippen LogP contribution in [0.2, 0.25) is 0 Å². The van der Waals surface area contributed by atoms with Crippen LogP contribution in [0.1, 0.15) is 19.4 Å². The molecule has 1 aromatic heterocycles. The molecule has 2 N–H and O–H groups in total. The molecule has 0 radical (unpaired) electrons. The number of aromatic nitrogens is 1. The maximum Gasteiger partial charge on any atom is 0.220 e. The van der Waals surface area contributed by atoms with Gasteiger partial charge in [-0.1, -0.05) is 42.5 Å². The number of fused-ring (bicyclic) bond motifs is 1. The van der Waals surface area contributed by atoms with Crippen molar-refractivity contribution in [1.29, 1.82) is 0 Å². The standard InChI is InChI=1S/C18H21ClN2O2S/c1-13(11-14-12-20-16-8-4-3-7-15(14)16)21-24(22,23)17-9-5-6-10-18(17,2)19/h3-10,12-13,17,20-21H,11H2,1-2H3. The van der Waals surface area contributed by atoms with Gasteiger partial charge >= 0.3 is 0 Å². The summed E-state index contributed by atoms with van der Waals surface area (Å²) in [4.78, 5) is 2.27. The van der Waals surface area contributed by atoms with Crippen LogP contribution in [-0.2, 0) is 16.4 Å². The summed E-state index contributed by atoms with van der Waals surface area (Å²) in [5, 5.41) is 0.327. The normalized spacial score (nSPS) is 25.2. The summed E-state index contributed by atoms with van der Waals surface area (Å²) in [6, 6.07) is 7.76. The fourth-order valence-electron chi connectivity index (χ4n) is 3.12. The molecular formula is C18H21ClN2O2S. The van der Waals surface area contributed by atoms with Crippen LogP contribution in [-0.4, -0.2) is 29.6 Å². The first-order valence-electron chi connectivity index (χ1n) is 7.91. The first-order chi connectivity index (χ1) is 11.3. The molecule has 0 fully saturated rings. The van der Waals surface area contributed by atoms with Crippen LogP contribution in [0.5, 0.6) is 0 Å². The minimum atomic E-state index is -3.58. The van der Waals surface area contributed by atoms with E-state index in [1.807, 2.05) is 37.4 Å². The quantitative estimate of drug-likeness (QED) is 0.797. The van der Waals surface area contributed by atoms with Crippen molar-refractivity contribution in [3.8, 4) is 0 Å². The van der Waals surface area contributed by atoms with Crippen LogP contribution in [0.3, 0.4) is 0 Å². The van der Waals surface area contributed by atoms with Crippen molar-refractivity contribution in [3.05, 3.63) is 60.3 Å². The third kappa shape index (κ3) is 3.43. The molecule has 3 rings (SSSR count). The van der Waals surface area contributed by atoms with E-state index in [1.54, 1.807) is 31.2 Å². The van der Waals surface area contributed by atoms with Gasteiger partial charge in [-0.2, -0.15) is 0 Å². The Kier molecular flexibility index (Phi) is 4.60. The van der Waals surface area contributed by atoms with Crippen molar-refractivity contribution in [2.75, 3.05) is 0 Å². The van der Waals surface area contributed by atoms with Gasteiger partial charge in [0.15, 0.2) is 0 Å². The molecule has 1 aliphatic rings. The average Bonchev–Trinajstić information content (AvgIpc) is 2.89. The van der Waals surface area contributed by atoms with Crippen LogP contribution >= 0.6 is 11.6 Å². The van der Waals surface area contributed by atoms with Crippen molar-refractivity contribution in [3.63, 3.8) is 0 Å². The van der Waals surface area contributed by atoms with E-state index in [0.29, 0.717) is 6.42 Å². The zero-order valence-corrected chi connectivity index (χ0v) is 15.2. The Labute approximate surface area is 147 Å². The first kappa shape index (κ1) is 17.3. The first-order valence-corrected chi connectivity index (χ1v) is 9.83. The van der Waals surface area contributed by atoms with Crippen molar-refractivity contribution in [2.45, 2.75) is 36.4 Å². The van der Waals surface area contributed by atoms with Gasteiger partial charge in [-0.15, -0.1) is 11.6 Å². The number of sulfonamides is 1.